The van der Waals surface area contributed by atoms with E-state index in [2.05, 4.69) is 5.32 Å². The Morgan fingerprint density at radius 1 is 1.53 bits per heavy atom. The van der Waals surface area contributed by atoms with Gasteiger partial charge < -0.3 is 15.8 Å². The zero-order chi connectivity index (χ0) is 12.8. The van der Waals surface area contributed by atoms with Crippen LogP contribution < -0.4 is 15.8 Å². The van der Waals surface area contributed by atoms with Crippen LogP contribution in [0.4, 0.5) is 0 Å². The third kappa shape index (κ3) is 4.07. The molecule has 17 heavy (non-hydrogen) atoms. The summed E-state index contributed by atoms with van der Waals surface area (Å²) in [5.74, 6) is 0.566. The van der Waals surface area contributed by atoms with E-state index in [1.165, 1.54) is 0 Å². The van der Waals surface area contributed by atoms with Crippen molar-refractivity contribution in [3.05, 3.63) is 29.3 Å². The first kappa shape index (κ1) is 13.5. The summed E-state index contributed by atoms with van der Waals surface area (Å²) in [6.07, 6.45) is 0. The summed E-state index contributed by atoms with van der Waals surface area (Å²) in [6, 6.07) is 5.71. The molecular formula is C13H20N2O2. The summed E-state index contributed by atoms with van der Waals surface area (Å²) in [5.41, 5.74) is 7.85. The van der Waals surface area contributed by atoms with Crippen LogP contribution in [0, 0.1) is 6.92 Å². The van der Waals surface area contributed by atoms with Crippen molar-refractivity contribution >= 4 is 5.91 Å². The molecule has 0 spiro atoms. The van der Waals surface area contributed by atoms with Crippen LogP contribution in [0.5, 0.6) is 5.75 Å². The second-order valence-electron chi connectivity index (χ2n) is 4.07. The molecule has 0 aliphatic heterocycles. The van der Waals surface area contributed by atoms with Crippen molar-refractivity contribution < 1.29 is 9.53 Å². The molecule has 0 fully saturated rings. The molecule has 1 atom stereocenters. The van der Waals surface area contributed by atoms with Gasteiger partial charge in [0, 0.05) is 18.2 Å². The molecule has 0 radical (unpaired) electrons. The van der Waals surface area contributed by atoms with Crippen LogP contribution >= 0.6 is 0 Å². The minimum Gasteiger partial charge on any atom is -0.483 e. The molecule has 0 aliphatic rings. The van der Waals surface area contributed by atoms with Gasteiger partial charge in [0.25, 0.3) is 5.91 Å². The Kier molecular flexibility index (Phi) is 4.97. The molecule has 1 aromatic carbocycles. The highest BCUT2D eigenvalue weighted by molar-refractivity contribution is 5.77. The number of likely N-dealkylation sites (N-methyl/N-ethyl adjacent to an activating group) is 1. The number of nitrogens with one attached hydrogen (secondary N) is 1. The summed E-state index contributed by atoms with van der Waals surface area (Å²) in [6.45, 7) is 6.37. The highest BCUT2D eigenvalue weighted by atomic mass is 16.5. The fourth-order valence-electron chi connectivity index (χ4n) is 1.53. The van der Waals surface area contributed by atoms with E-state index in [-0.39, 0.29) is 18.6 Å². The molecule has 0 heterocycles. The number of carbonyl (C=O) groups excluding carboxylic acids is 1. The molecule has 0 unspecified atom stereocenters. The van der Waals surface area contributed by atoms with Gasteiger partial charge >= 0.3 is 0 Å². The molecule has 0 saturated carbocycles. The maximum atomic E-state index is 11.3. The van der Waals surface area contributed by atoms with Crippen LogP contribution in [0.15, 0.2) is 18.2 Å². The molecule has 0 aromatic heterocycles. The van der Waals surface area contributed by atoms with E-state index in [4.69, 9.17) is 10.5 Å². The Bertz CT molecular complexity index is 389. The van der Waals surface area contributed by atoms with E-state index in [0.717, 1.165) is 11.1 Å². The molecular weight excluding hydrogens is 216 g/mol. The summed E-state index contributed by atoms with van der Waals surface area (Å²) in [4.78, 5) is 11.3. The monoisotopic (exact) mass is 236 g/mol. The Hall–Kier alpha value is -1.55. The SMILES string of the molecule is CCNC(=O)COc1cc(C)ccc1[C@@H](C)N. The zero-order valence-corrected chi connectivity index (χ0v) is 10.6. The number of carbonyl (C=O) groups is 1. The van der Waals surface area contributed by atoms with Gasteiger partial charge in [0.1, 0.15) is 5.75 Å². The predicted octanol–water partition coefficient (Wildman–Crippen LogP) is 1.53. The number of ether oxygens (including phenoxy) is 1. The Balaban J connectivity index is 2.75. The number of hydrogen-bond donors (Lipinski definition) is 2. The zero-order valence-electron chi connectivity index (χ0n) is 10.6. The third-order valence-corrected chi connectivity index (χ3v) is 2.39. The number of hydrogen-bond acceptors (Lipinski definition) is 3. The fourth-order valence-corrected chi connectivity index (χ4v) is 1.53. The maximum absolute atomic E-state index is 11.3. The van der Waals surface area contributed by atoms with Crippen molar-refractivity contribution in [1.82, 2.24) is 5.32 Å². The normalized spacial score (nSPS) is 12.0. The summed E-state index contributed by atoms with van der Waals surface area (Å²) in [5, 5.41) is 2.68. The van der Waals surface area contributed by atoms with Gasteiger partial charge in [-0.2, -0.15) is 0 Å². The van der Waals surface area contributed by atoms with Crippen molar-refractivity contribution in [3.63, 3.8) is 0 Å². The van der Waals surface area contributed by atoms with Crippen LogP contribution in [-0.2, 0) is 4.79 Å². The number of aryl methyl sites for hydroxylation is 1. The van der Waals surface area contributed by atoms with E-state index in [1.807, 2.05) is 39.0 Å². The summed E-state index contributed by atoms with van der Waals surface area (Å²) >= 11 is 0. The summed E-state index contributed by atoms with van der Waals surface area (Å²) < 4.78 is 5.50. The second-order valence-corrected chi connectivity index (χ2v) is 4.07. The molecule has 4 nitrogen and oxygen atoms in total. The number of rotatable bonds is 5. The first-order valence-corrected chi connectivity index (χ1v) is 5.80. The molecule has 94 valence electrons. The lowest BCUT2D eigenvalue weighted by Gasteiger charge is -2.14. The first-order chi connectivity index (χ1) is 8.04. The topological polar surface area (TPSA) is 64.3 Å². The second kappa shape index (κ2) is 6.25. The number of amides is 1. The minimum atomic E-state index is -0.121. The fraction of sp³-hybridized carbons (Fsp3) is 0.462. The van der Waals surface area contributed by atoms with Gasteiger partial charge in [-0.3, -0.25) is 4.79 Å². The van der Waals surface area contributed by atoms with E-state index < -0.39 is 0 Å². The predicted molar refractivity (Wildman–Crippen MR) is 68.0 cm³/mol. The average Bonchev–Trinajstić information content (AvgIpc) is 2.26. The molecule has 1 rings (SSSR count). The van der Waals surface area contributed by atoms with Crippen LogP contribution in [0.3, 0.4) is 0 Å². The highest BCUT2D eigenvalue weighted by Crippen LogP contribution is 2.24. The molecule has 0 aliphatic carbocycles. The van der Waals surface area contributed by atoms with Gasteiger partial charge in [0.2, 0.25) is 0 Å². The third-order valence-electron chi connectivity index (χ3n) is 2.39. The van der Waals surface area contributed by atoms with Gasteiger partial charge in [0.15, 0.2) is 6.61 Å². The first-order valence-electron chi connectivity index (χ1n) is 5.80. The van der Waals surface area contributed by atoms with Crippen molar-refractivity contribution in [2.75, 3.05) is 13.2 Å². The van der Waals surface area contributed by atoms with Gasteiger partial charge in [-0.1, -0.05) is 12.1 Å². The van der Waals surface area contributed by atoms with Crippen molar-refractivity contribution in [2.45, 2.75) is 26.8 Å². The lowest BCUT2D eigenvalue weighted by Crippen LogP contribution is -2.28. The summed E-state index contributed by atoms with van der Waals surface area (Å²) in [7, 11) is 0. The largest absolute Gasteiger partial charge is 0.483 e. The van der Waals surface area contributed by atoms with Crippen molar-refractivity contribution in [3.8, 4) is 5.75 Å². The number of benzene rings is 1. The molecule has 4 heteroatoms. The van der Waals surface area contributed by atoms with Gasteiger partial charge in [-0.25, -0.2) is 0 Å². The highest BCUT2D eigenvalue weighted by Gasteiger charge is 2.09. The molecule has 0 saturated heterocycles. The van der Waals surface area contributed by atoms with Crippen LogP contribution in [0.1, 0.15) is 31.0 Å². The average molecular weight is 236 g/mol. The smallest absolute Gasteiger partial charge is 0.257 e. The van der Waals surface area contributed by atoms with Gasteiger partial charge in [-0.05, 0) is 32.4 Å². The lowest BCUT2D eigenvalue weighted by atomic mass is 10.1. The Morgan fingerprint density at radius 3 is 2.82 bits per heavy atom. The number of nitrogens with two attached hydrogens (primary N) is 1. The van der Waals surface area contributed by atoms with E-state index >= 15 is 0 Å². The van der Waals surface area contributed by atoms with Crippen LogP contribution in [-0.4, -0.2) is 19.1 Å². The van der Waals surface area contributed by atoms with Crippen LogP contribution in [0.25, 0.3) is 0 Å². The quantitative estimate of drug-likeness (QED) is 0.815. The Labute approximate surface area is 102 Å². The standard InChI is InChI=1S/C13H20N2O2/c1-4-15-13(16)8-17-12-7-9(2)5-6-11(12)10(3)14/h5-7,10H,4,8,14H2,1-3H3,(H,15,16)/t10-/m1/s1. The lowest BCUT2D eigenvalue weighted by molar-refractivity contribution is -0.123. The molecule has 1 aromatic rings. The van der Waals surface area contributed by atoms with E-state index in [1.54, 1.807) is 0 Å². The minimum absolute atomic E-state index is 0.0248. The molecule has 1 amide bonds. The Morgan fingerprint density at radius 2 is 2.24 bits per heavy atom. The van der Waals surface area contributed by atoms with Crippen LogP contribution in [0.2, 0.25) is 0 Å². The van der Waals surface area contributed by atoms with Crippen molar-refractivity contribution in [2.24, 2.45) is 5.73 Å². The van der Waals surface area contributed by atoms with E-state index in [9.17, 15) is 4.79 Å². The van der Waals surface area contributed by atoms with Gasteiger partial charge in [0.05, 0.1) is 0 Å². The van der Waals surface area contributed by atoms with Crippen molar-refractivity contribution in [1.29, 1.82) is 0 Å². The molecule has 0 bridgehead atoms. The van der Waals surface area contributed by atoms with E-state index in [0.29, 0.717) is 12.3 Å². The van der Waals surface area contributed by atoms with Gasteiger partial charge in [-0.15, -0.1) is 0 Å². The maximum Gasteiger partial charge on any atom is 0.257 e. The molecule has 3 N–H and O–H groups in total.